The van der Waals surface area contributed by atoms with E-state index >= 15 is 0 Å². The zero-order valence-electron chi connectivity index (χ0n) is 22.8. The van der Waals surface area contributed by atoms with Gasteiger partial charge in [-0.15, -0.1) is 0 Å². The summed E-state index contributed by atoms with van der Waals surface area (Å²) in [4.78, 5) is 11.2. The zero-order chi connectivity index (χ0) is 28.2. The number of aromatic carboxylic acids is 1. The minimum Gasteiger partial charge on any atom is -0.478 e. The van der Waals surface area contributed by atoms with Crippen molar-refractivity contribution in [1.29, 1.82) is 0 Å². The van der Waals surface area contributed by atoms with Gasteiger partial charge in [0.15, 0.2) is 0 Å². The minimum absolute atomic E-state index is 0.00195. The van der Waals surface area contributed by atoms with Gasteiger partial charge in [-0.25, -0.2) is 13.6 Å². The van der Waals surface area contributed by atoms with Crippen molar-refractivity contribution in [2.75, 3.05) is 11.9 Å². The second-order valence-electron chi connectivity index (χ2n) is 11.6. The van der Waals surface area contributed by atoms with Crippen LogP contribution >= 0.6 is 0 Å². The van der Waals surface area contributed by atoms with Crippen molar-refractivity contribution >= 4 is 11.7 Å². The highest BCUT2D eigenvalue weighted by Gasteiger charge is 2.35. The maximum atomic E-state index is 14.2. The Kier molecular flexibility index (Phi) is 8.72. The van der Waals surface area contributed by atoms with E-state index in [-0.39, 0.29) is 28.6 Å². The third-order valence-electron chi connectivity index (χ3n) is 7.72. The number of carbonyl (C=O) groups is 1. The number of aliphatic hydroxyl groups is 1. The number of halogens is 2. The first-order valence-corrected chi connectivity index (χ1v) is 13.6. The van der Waals surface area contributed by atoms with Gasteiger partial charge in [0.2, 0.25) is 0 Å². The third kappa shape index (κ3) is 7.02. The topological polar surface area (TPSA) is 81.6 Å². The number of benzene rings is 3. The molecule has 7 heteroatoms. The molecule has 1 aliphatic rings. The first-order valence-electron chi connectivity index (χ1n) is 13.6. The van der Waals surface area contributed by atoms with Crippen LogP contribution in [0.3, 0.4) is 0 Å². The number of carboxylic acids is 1. The highest BCUT2D eigenvalue weighted by Crippen LogP contribution is 2.39. The van der Waals surface area contributed by atoms with Crippen LogP contribution in [-0.2, 0) is 11.0 Å². The molecular weight excluding hydrogens is 498 g/mol. The van der Waals surface area contributed by atoms with Gasteiger partial charge in [0.05, 0.1) is 17.7 Å². The highest BCUT2D eigenvalue weighted by molar-refractivity contribution is 5.88. The van der Waals surface area contributed by atoms with Gasteiger partial charge >= 0.3 is 5.97 Å². The molecule has 0 aromatic heterocycles. The van der Waals surface area contributed by atoms with Crippen molar-refractivity contribution in [3.63, 3.8) is 0 Å². The molecule has 0 bridgehead atoms. The molecule has 0 radical (unpaired) electrons. The number of carboxylic acid groups (broad SMARTS) is 1. The minimum atomic E-state index is -1.05. The van der Waals surface area contributed by atoms with Crippen molar-refractivity contribution in [1.82, 2.24) is 5.32 Å². The molecule has 2 atom stereocenters. The molecule has 0 aliphatic heterocycles. The fraction of sp³-hybridized carbons (Fsp3) is 0.406. The van der Waals surface area contributed by atoms with Crippen LogP contribution in [0.15, 0.2) is 66.7 Å². The quantitative estimate of drug-likeness (QED) is 0.239. The standard InChI is InChI=1S/C32H38F2N2O3/c1-31(2,3)23-8-7-9-24(18-23)32(14-5-4-6-15-32)35-20-28(37)29(22-16-25(33)19-26(34)17-22)36-27-12-10-21(11-13-27)30(38)39/h7-13,16-19,28-29,35-37H,4-6,14-15,20H2,1-3H3,(H,38,39). The highest BCUT2D eigenvalue weighted by atomic mass is 19.1. The van der Waals surface area contributed by atoms with Gasteiger partial charge < -0.3 is 20.8 Å². The summed E-state index contributed by atoms with van der Waals surface area (Å²) < 4.78 is 28.4. The monoisotopic (exact) mass is 536 g/mol. The van der Waals surface area contributed by atoms with Crippen molar-refractivity contribution in [2.45, 2.75) is 76.0 Å². The number of nitrogens with one attached hydrogen (secondary N) is 2. The van der Waals surface area contributed by atoms with Crippen molar-refractivity contribution < 1.29 is 23.8 Å². The lowest BCUT2D eigenvalue weighted by Gasteiger charge is -2.41. The Labute approximate surface area is 229 Å². The summed E-state index contributed by atoms with van der Waals surface area (Å²) in [7, 11) is 0. The summed E-state index contributed by atoms with van der Waals surface area (Å²) in [5, 5.41) is 27.5. The number of anilines is 1. The summed E-state index contributed by atoms with van der Waals surface area (Å²) in [5.74, 6) is -2.52. The Morgan fingerprint density at radius 1 is 0.949 bits per heavy atom. The maximum Gasteiger partial charge on any atom is 0.335 e. The second kappa shape index (κ2) is 11.8. The number of rotatable bonds is 9. The van der Waals surface area contributed by atoms with E-state index in [1.807, 2.05) is 0 Å². The molecule has 1 saturated carbocycles. The zero-order valence-corrected chi connectivity index (χ0v) is 22.8. The molecular formula is C32H38F2N2O3. The summed E-state index contributed by atoms with van der Waals surface area (Å²) >= 11 is 0. The molecule has 208 valence electrons. The van der Waals surface area contributed by atoms with Crippen LogP contribution in [0.1, 0.15) is 86.0 Å². The summed E-state index contributed by atoms with van der Waals surface area (Å²) in [6.45, 7) is 6.75. The molecule has 3 aromatic rings. The van der Waals surface area contributed by atoms with Crippen LogP contribution in [0.2, 0.25) is 0 Å². The maximum absolute atomic E-state index is 14.2. The molecule has 4 rings (SSSR count). The molecule has 0 saturated heterocycles. The van der Waals surface area contributed by atoms with Gasteiger partial charge in [-0.2, -0.15) is 0 Å². The lowest BCUT2D eigenvalue weighted by atomic mass is 9.74. The van der Waals surface area contributed by atoms with Gasteiger partial charge in [-0.05, 0) is 71.3 Å². The lowest BCUT2D eigenvalue weighted by Crippen LogP contribution is -2.48. The fourth-order valence-corrected chi connectivity index (χ4v) is 5.47. The van der Waals surface area contributed by atoms with E-state index in [0.29, 0.717) is 5.69 Å². The van der Waals surface area contributed by atoms with Gasteiger partial charge in [-0.1, -0.05) is 64.3 Å². The van der Waals surface area contributed by atoms with Gasteiger partial charge in [-0.3, -0.25) is 0 Å². The third-order valence-corrected chi connectivity index (χ3v) is 7.72. The molecule has 39 heavy (non-hydrogen) atoms. The van der Waals surface area contributed by atoms with Crippen LogP contribution in [0.4, 0.5) is 14.5 Å². The van der Waals surface area contributed by atoms with E-state index in [0.717, 1.165) is 38.2 Å². The first kappa shape index (κ1) is 28.7. The van der Waals surface area contributed by atoms with Gasteiger partial charge in [0.25, 0.3) is 0 Å². The Bertz CT molecular complexity index is 1260. The summed E-state index contributed by atoms with van der Waals surface area (Å²) in [6.07, 6.45) is 4.09. The Morgan fingerprint density at radius 2 is 1.59 bits per heavy atom. The Hall–Kier alpha value is -3.29. The van der Waals surface area contributed by atoms with Crippen LogP contribution in [0.5, 0.6) is 0 Å². The predicted octanol–water partition coefficient (Wildman–Crippen LogP) is 6.92. The van der Waals surface area contributed by atoms with Crippen molar-refractivity contribution in [3.8, 4) is 0 Å². The largest absolute Gasteiger partial charge is 0.478 e. The van der Waals surface area contributed by atoms with E-state index in [4.69, 9.17) is 0 Å². The summed E-state index contributed by atoms with van der Waals surface area (Å²) in [5.41, 5.74) is 3.02. The molecule has 5 nitrogen and oxygen atoms in total. The van der Waals surface area contributed by atoms with E-state index in [2.05, 4.69) is 55.7 Å². The SMILES string of the molecule is CC(C)(C)c1cccc(C2(NCC(O)C(Nc3ccc(C(=O)O)cc3)c3cc(F)cc(F)c3)CCCCC2)c1. The van der Waals surface area contributed by atoms with Crippen molar-refractivity contribution in [2.24, 2.45) is 0 Å². The number of aliphatic hydroxyl groups excluding tert-OH is 1. The predicted molar refractivity (Wildman–Crippen MR) is 150 cm³/mol. The van der Waals surface area contributed by atoms with Crippen molar-refractivity contribution in [3.05, 3.63) is 101 Å². The average Bonchev–Trinajstić information content (AvgIpc) is 2.90. The molecule has 2 unspecified atom stereocenters. The fourth-order valence-electron chi connectivity index (χ4n) is 5.47. The van der Waals surface area contributed by atoms with Crippen LogP contribution in [-0.4, -0.2) is 28.8 Å². The normalized spacial score (nSPS) is 16.9. The van der Waals surface area contributed by atoms with Gasteiger partial charge in [0, 0.05) is 23.8 Å². The molecule has 1 fully saturated rings. The molecule has 0 spiro atoms. The van der Waals surface area contributed by atoms with E-state index in [1.54, 1.807) is 12.1 Å². The number of hydrogen-bond acceptors (Lipinski definition) is 4. The smallest absolute Gasteiger partial charge is 0.335 e. The molecule has 0 heterocycles. The van der Waals surface area contributed by atoms with E-state index in [9.17, 15) is 23.8 Å². The van der Waals surface area contributed by atoms with Crippen LogP contribution in [0.25, 0.3) is 0 Å². The molecule has 4 N–H and O–H groups in total. The summed E-state index contributed by atoms with van der Waals surface area (Å²) in [6, 6.07) is 17.0. The second-order valence-corrected chi connectivity index (χ2v) is 11.6. The van der Waals surface area contributed by atoms with Crippen LogP contribution in [0, 0.1) is 11.6 Å². The van der Waals surface area contributed by atoms with E-state index in [1.165, 1.54) is 35.4 Å². The lowest BCUT2D eigenvalue weighted by molar-refractivity contribution is 0.0697. The van der Waals surface area contributed by atoms with E-state index < -0.39 is 29.7 Å². The van der Waals surface area contributed by atoms with Crippen LogP contribution < -0.4 is 10.6 Å². The average molecular weight is 537 g/mol. The first-order chi connectivity index (χ1) is 18.5. The molecule has 3 aromatic carbocycles. The number of hydrogen-bond donors (Lipinski definition) is 4. The Balaban J connectivity index is 1.62. The van der Waals surface area contributed by atoms with Gasteiger partial charge in [0.1, 0.15) is 11.6 Å². The Morgan fingerprint density at radius 3 is 2.18 bits per heavy atom. The molecule has 0 amide bonds. The molecule has 1 aliphatic carbocycles.